The molecular formula is C20H25Cl3N6O. The standard InChI is InChI=1S/C20H23ClN6O.2ClH/c1-28-19-8-7-17(27-13-24-25-26-27)11-15(19)12-23-18-6-3-9-22-20(18)14-4-2-5-16(21)10-14;;/h2,4-5,7-8,10-11,13,18,20,22-23H,3,6,9,12H2,1H3;2*1H/t18-,20-;;/m1../s1. The van der Waals surface area contributed by atoms with Crippen molar-refractivity contribution < 1.29 is 4.74 Å². The highest BCUT2D eigenvalue weighted by Crippen LogP contribution is 2.27. The third-order valence-electron chi connectivity index (χ3n) is 5.10. The summed E-state index contributed by atoms with van der Waals surface area (Å²) >= 11 is 6.21. The van der Waals surface area contributed by atoms with Crippen LogP contribution in [-0.4, -0.2) is 39.9 Å². The first kappa shape index (κ1) is 24.4. The third kappa shape index (κ3) is 5.62. The molecule has 7 nitrogen and oxygen atoms in total. The SMILES string of the molecule is COc1ccc(-n2cnnn2)cc1CN[C@@H]1CCCN[C@@H]1c1cccc(Cl)c1.Cl.Cl. The summed E-state index contributed by atoms with van der Waals surface area (Å²) in [4.78, 5) is 0. The topological polar surface area (TPSA) is 76.9 Å². The molecule has 30 heavy (non-hydrogen) atoms. The fourth-order valence-corrected chi connectivity index (χ4v) is 3.92. The molecule has 3 aromatic rings. The number of hydrogen-bond donors (Lipinski definition) is 2. The minimum absolute atomic E-state index is 0. The van der Waals surface area contributed by atoms with Gasteiger partial charge in [0, 0.05) is 29.2 Å². The minimum atomic E-state index is 0. The monoisotopic (exact) mass is 470 g/mol. The van der Waals surface area contributed by atoms with E-state index in [0.29, 0.717) is 12.6 Å². The molecule has 4 rings (SSSR count). The first-order valence-electron chi connectivity index (χ1n) is 9.37. The fourth-order valence-electron chi connectivity index (χ4n) is 3.72. The second-order valence-electron chi connectivity index (χ2n) is 6.87. The molecule has 2 aromatic carbocycles. The van der Waals surface area contributed by atoms with Gasteiger partial charge < -0.3 is 15.4 Å². The van der Waals surface area contributed by atoms with Gasteiger partial charge in [0.25, 0.3) is 0 Å². The molecule has 0 radical (unpaired) electrons. The van der Waals surface area contributed by atoms with Crippen LogP contribution in [0.4, 0.5) is 0 Å². The normalized spacial score (nSPS) is 18.2. The largest absolute Gasteiger partial charge is 0.496 e. The molecule has 0 spiro atoms. The summed E-state index contributed by atoms with van der Waals surface area (Å²) in [5, 5.41) is 19.5. The summed E-state index contributed by atoms with van der Waals surface area (Å²) in [6.07, 6.45) is 3.81. The van der Waals surface area contributed by atoms with Gasteiger partial charge in [0.2, 0.25) is 0 Å². The first-order chi connectivity index (χ1) is 13.7. The number of rotatable bonds is 6. The molecule has 1 saturated heterocycles. The Balaban J connectivity index is 0.00000160. The van der Waals surface area contributed by atoms with Crippen molar-refractivity contribution in [2.24, 2.45) is 0 Å². The summed E-state index contributed by atoms with van der Waals surface area (Å²) in [6.45, 7) is 1.69. The molecule has 10 heteroatoms. The molecule has 0 unspecified atom stereocenters. The van der Waals surface area contributed by atoms with Gasteiger partial charge in [-0.15, -0.1) is 29.9 Å². The molecule has 2 N–H and O–H groups in total. The Labute approximate surface area is 193 Å². The molecule has 0 aliphatic carbocycles. The van der Waals surface area contributed by atoms with Crippen LogP contribution in [0.1, 0.15) is 30.0 Å². The smallest absolute Gasteiger partial charge is 0.143 e. The van der Waals surface area contributed by atoms with Gasteiger partial charge in [-0.3, -0.25) is 0 Å². The highest BCUT2D eigenvalue weighted by molar-refractivity contribution is 6.30. The number of benzene rings is 2. The number of halogens is 3. The van der Waals surface area contributed by atoms with Gasteiger partial charge in [-0.2, -0.15) is 0 Å². The maximum atomic E-state index is 6.21. The average Bonchev–Trinajstić information content (AvgIpc) is 3.27. The van der Waals surface area contributed by atoms with E-state index in [-0.39, 0.29) is 30.9 Å². The van der Waals surface area contributed by atoms with Crippen LogP contribution in [-0.2, 0) is 6.54 Å². The number of aromatic nitrogens is 4. The van der Waals surface area contributed by atoms with E-state index in [2.05, 4.69) is 32.2 Å². The Morgan fingerprint density at radius 1 is 1.23 bits per heavy atom. The van der Waals surface area contributed by atoms with E-state index in [0.717, 1.165) is 41.4 Å². The summed E-state index contributed by atoms with van der Waals surface area (Å²) in [5.41, 5.74) is 3.17. The Morgan fingerprint density at radius 3 is 2.83 bits per heavy atom. The first-order valence-corrected chi connectivity index (χ1v) is 9.75. The van der Waals surface area contributed by atoms with Crippen molar-refractivity contribution in [2.75, 3.05) is 13.7 Å². The van der Waals surface area contributed by atoms with E-state index in [9.17, 15) is 0 Å². The number of ether oxygens (including phenoxy) is 1. The number of nitrogens with one attached hydrogen (secondary N) is 2. The lowest BCUT2D eigenvalue weighted by atomic mass is 9.92. The predicted molar refractivity (Wildman–Crippen MR) is 122 cm³/mol. The number of piperidine rings is 1. The lowest BCUT2D eigenvalue weighted by molar-refractivity contribution is 0.303. The van der Waals surface area contributed by atoms with E-state index in [1.54, 1.807) is 18.1 Å². The molecule has 0 saturated carbocycles. The highest BCUT2D eigenvalue weighted by atomic mass is 35.5. The van der Waals surface area contributed by atoms with E-state index in [4.69, 9.17) is 16.3 Å². The zero-order valence-electron chi connectivity index (χ0n) is 16.5. The van der Waals surface area contributed by atoms with Gasteiger partial charge in [-0.1, -0.05) is 23.7 Å². The maximum Gasteiger partial charge on any atom is 0.143 e. The molecule has 2 atom stereocenters. The van der Waals surface area contributed by atoms with Crippen molar-refractivity contribution in [3.8, 4) is 11.4 Å². The van der Waals surface area contributed by atoms with Crippen molar-refractivity contribution >= 4 is 36.4 Å². The Bertz CT molecular complexity index is 925. The predicted octanol–water partition coefficient (Wildman–Crippen LogP) is 3.75. The van der Waals surface area contributed by atoms with E-state index in [1.807, 2.05) is 36.4 Å². The number of methoxy groups -OCH3 is 1. The number of tetrazole rings is 1. The van der Waals surface area contributed by atoms with Crippen molar-refractivity contribution in [3.05, 3.63) is 64.9 Å². The maximum absolute atomic E-state index is 6.21. The van der Waals surface area contributed by atoms with Crippen LogP contribution in [0.2, 0.25) is 5.02 Å². The highest BCUT2D eigenvalue weighted by Gasteiger charge is 2.26. The molecule has 1 aliphatic rings. The number of hydrogen-bond acceptors (Lipinski definition) is 6. The Morgan fingerprint density at radius 2 is 2.10 bits per heavy atom. The number of nitrogens with zero attached hydrogens (tertiary/aromatic N) is 4. The van der Waals surface area contributed by atoms with Gasteiger partial charge in [-0.25, -0.2) is 4.68 Å². The van der Waals surface area contributed by atoms with Crippen LogP contribution in [0.5, 0.6) is 5.75 Å². The van der Waals surface area contributed by atoms with Gasteiger partial charge in [0.15, 0.2) is 0 Å². The molecule has 2 heterocycles. The molecule has 162 valence electrons. The van der Waals surface area contributed by atoms with Crippen LogP contribution in [0.15, 0.2) is 48.8 Å². The van der Waals surface area contributed by atoms with E-state index >= 15 is 0 Å². The van der Waals surface area contributed by atoms with Gasteiger partial charge >= 0.3 is 0 Å². The molecule has 1 aromatic heterocycles. The fraction of sp³-hybridized carbons (Fsp3) is 0.350. The summed E-state index contributed by atoms with van der Waals surface area (Å²) in [5.74, 6) is 0.840. The molecule has 1 fully saturated rings. The molecule has 0 amide bonds. The van der Waals surface area contributed by atoms with E-state index < -0.39 is 0 Å². The Hall–Kier alpha value is -1.90. The average molecular weight is 472 g/mol. The molecule has 1 aliphatic heterocycles. The molecule has 0 bridgehead atoms. The zero-order valence-corrected chi connectivity index (χ0v) is 18.9. The van der Waals surface area contributed by atoms with Crippen LogP contribution in [0.3, 0.4) is 0 Å². The van der Waals surface area contributed by atoms with Crippen molar-refractivity contribution in [1.29, 1.82) is 0 Å². The Kier molecular flexibility index (Phi) is 9.33. The third-order valence-corrected chi connectivity index (χ3v) is 5.33. The van der Waals surface area contributed by atoms with Crippen molar-refractivity contribution in [3.63, 3.8) is 0 Å². The molecular weight excluding hydrogens is 447 g/mol. The van der Waals surface area contributed by atoms with Gasteiger partial charge in [-0.05, 0) is 65.7 Å². The quantitative estimate of drug-likeness (QED) is 0.570. The second-order valence-corrected chi connectivity index (χ2v) is 7.30. The van der Waals surface area contributed by atoms with Crippen molar-refractivity contribution in [1.82, 2.24) is 30.8 Å². The lowest BCUT2D eigenvalue weighted by Gasteiger charge is -2.34. The second kappa shape index (κ2) is 11.5. The lowest BCUT2D eigenvalue weighted by Crippen LogP contribution is -2.45. The van der Waals surface area contributed by atoms with Crippen LogP contribution >= 0.6 is 36.4 Å². The van der Waals surface area contributed by atoms with Crippen LogP contribution in [0.25, 0.3) is 5.69 Å². The van der Waals surface area contributed by atoms with E-state index in [1.165, 1.54) is 5.56 Å². The van der Waals surface area contributed by atoms with Crippen LogP contribution in [0, 0.1) is 0 Å². The zero-order chi connectivity index (χ0) is 19.3. The minimum Gasteiger partial charge on any atom is -0.496 e. The summed E-state index contributed by atoms with van der Waals surface area (Å²) in [7, 11) is 1.69. The van der Waals surface area contributed by atoms with Gasteiger partial charge in [0.1, 0.15) is 12.1 Å². The van der Waals surface area contributed by atoms with Crippen molar-refractivity contribution in [2.45, 2.75) is 31.5 Å². The van der Waals surface area contributed by atoms with Crippen LogP contribution < -0.4 is 15.4 Å². The summed E-state index contributed by atoms with van der Waals surface area (Å²) in [6, 6.07) is 14.5. The van der Waals surface area contributed by atoms with Gasteiger partial charge in [0.05, 0.1) is 12.8 Å². The summed E-state index contributed by atoms with van der Waals surface area (Å²) < 4.78 is 7.19.